The molecule has 2 aromatic rings. The van der Waals surface area contributed by atoms with E-state index in [9.17, 15) is 13.2 Å². The lowest BCUT2D eigenvalue weighted by Gasteiger charge is -2.17. The number of hydrogen-bond acceptors (Lipinski definition) is 2. The van der Waals surface area contributed by atoms with Crippen LogP contribution < -0.4 is 5.32 Å². The zero-order valence-corrected chi connectivity index (χ0v) is 12.3. The van der Waals surface area contributed by atoms with Gasteiger partial charge in [-0.3, -0.25) is 4.98 Å². The average molecular weight is 317 g/mol. The number of hydrogen-bond donors (Lipinski definition) is 1. The summed E-state index contributed by atoms with van der Waals surface area (Å²) >= 11 is 6.11. The molecule has 0 bridgehead atoms. The number of fused-ring (bicyclic) bond motifs is 1. The Kier molecular flexibility index (Phi) is 4.93. The minimum Gasteiger partial charge on any atom is -0.381 e. The van der Waals surface area contributed by atoms with Gasteiger partial charge in [0.2, 0.25) is 0 Å². The van der Waals surface area contributed by atoms with E-state index >= 15 is 0 Å². The number of benzene rings is 1. The molecule has 0 aliphatic rings. The highest BCUT2D eigenvalue weighted by Crippen LogP contribution is 2.29. The van der Waals surface area contributed by atoms with Crippen LogP contribution in [0.1, 0.15) is 26.2 Å². The third kappa shape index (κ3) is 4.49. The Balaban J connectivity index is 2.04. The summed E-state index contributed by atoms with van der Waals surface area (Å²) in [6.07, 6.45) is -2.63. The molecule has 114 valence electrons. The Labute approximate surface area is 126 Å². The van der Waals surface area contributed by atoms with E-state index < -0.39 is 12.6 Å². The topological polar surface area (TPSA) is 24.9 Å². The molecule has 0 fully saturated rings. The van der Waals surface area contributed by atoms with Gasteiger partial charge in [0.05, 0.1) is 16.2 Å². The van der Waals surface area contributed by atoms with Crippen molar-refractivity contribution in [3.05, 3.63) is 35.5 Å². The van der Waals surface area contributed by atoms with Crippen molar-refractivity contribution in [3.8, 4) is 0 Å². The maximum Gasteiger partial charge on any atom is 0.389 e. The van der Waals surface area contributed by atoms with Crippen LogP contribution in [-0.2, 0) is 0 Å². The molecule has 0 aliphatic carbocycles. The SMILES string of the molecule is CC(CCCC(F)(F)F)Nc1ccc(Cl)c2cccnc12. The lowest BCUT2D eigenvalue weighted by atomic mass is 10.1. The molecule has 0 spiro atoms. The highest BCUT2D eigenvalue weighted by Gasteiger charge is 2.26. The number of pyridine rings is 1. The molecule has 0 amide bonds. The summed E-state index contributed by atoms with van der Waals surface area (Å²) in [5, 5.41) is 4.64. The van der Waals surface area contributed by atoms with Crippen LogP contribution >= 0.6 is 11.6 Å². The Morgan fingerprint density at radius 2 is 2.05 bits per heavy atom. The molecule has 1 aromatic heterocycles. The Bertz CT molecular complexity index is 613. The minimum absolute atomic E-state index is 0.0706. The molecular weight excluding hydrogens is 301 g/mol. The summed E-state index contributed by atoms with van der Waals surface area (Å²) in [6.45, 7) is 1.86. The lowest BCUT2D eigenvalue weighted by molar-refractivity contribution is -0.135. The monoisotopic (exact) mass is 316 g/mol. The first-order valence-electron chi connectivity index (χ1n) is 6.73. The summed E-state index contributed by atoms with van der Waals surface area (Å²) in [4.78, 5) is 4.29. The first-order valence-corrected chi connectivity index (χ1v) is 7.11. The van der Waals surface area contributed by atoms with Gasteiger partial charge in [-0.15, -0.1) is 0 Å². The second kappa shape index (κ2) is 6.52. The van der Waals surface area contributed by atoms with Crippen LogP contribution in [0.3, 0.4) is 0 Å². The zero-order chi connectivity index (χ0) is 15.5. The standard InChI is InChI=1S/C15H16ClF3N2/c1-10(4-2-8-15(17,18)19)21-13-7-6-12(16)11-5-3-9-20-14(11)13/h3,5-7,9-10,21H,2,4,8H2,1H3. The van der Waals surface area contributed by atoms with Gasteiger partial charge in [-0.1, -0.05) is 11.6 Å². The van der Waals surface area contributed by atoms with Gasteiger partial charge in [-0.05, 0) is 44.0 Å². The second-order valence-electron chi connectivity index (χ2n) is 5.05. The third-order valence-corrected chi connectivity index (χ3v) is 3.55. The quantitative estimate of drug-likeness (QED) is 0.796. The highest BCUT2D eigenvalue weighted by atomic mass is 35.5. The van der Waals surface area contributed by atoms with Crippen molar-refractivity contribution in [1.29, 1.82) is 0 Å². The fourth-order valence-corrected chi connectivity index (χ4v) is 2.42. The Morgan fingerprint density at radius 1 is 1.29 bits per heavy atom. The lowest BCUT2D eigenvalue weighted by Crippen LogP contribution is -2.17. The van der Waals surface area contributed by atoms with Crippen molar-refractivity contribution >= 4 is 28.2 Å². The average Bonchev–Trinajstić information content (AvgIpc) is 2.41. The molecule has 2 rings (SSSR count). The Hall–Kier alpha value is -1.49. The first kappa shape index (κ1) is 15.9. The molecular formula is C15H16ClF3N2. The smallest absolute Gasteiger partial charge is 0.381 e. The maximum absolute atomic E-state index is 12.1. The van der Waals surface area contributed by atoms with E-state index in [0.29, 0.717) is 11.4 Å². The molecule has 0 radical (unpaired) electrons. The van der Waals surface area contributed by atoms with Crippen molar-refractivity contribution < 1.29 is 13.2 Å². The molecule has 1 heterocycles. The number of nitrogens with one attached hydrogen (secondary N) is 1. The van der Waals surface area contributed by atoms with E-state index in [1.165, 1.54) is 0 Å². The predicted molar refractivity (Wildman–Crippen MR) is 79.7 cm³/mol. The molecule has 1 N–H and O–H groups in total. The van der Waals surface area contributed by atoms with E-state index in [0.717, 1.165) is 16.6 Å². The van der Waals surface area contributed by atoms with E-state index in [2.05, 4.69) is 10.3 Å². The first-order chi connectivity index (χ1) is 9.87. The van der Waals surface area contributed by atoms with E-state index in [-0.39, 0.29) is 12.5 Å². The zero-order valence-electron chi connectivity index (χ0n) is 11.5. The third-order valence-electron chi connectivity index (χ3n) is 3.22. The number of anilines is 1. The molecule has 0 saturated carbocycles. The number of alkyl halides is 3. The highest BCUT2D eigenvalue weighted by molar-refractivity contribution is 6.35. The van der Waals surface area contributed by atoms with Crippen LogP contribution in [0.5, 0.6) is 0 Å². The van der Waals surface area contributed by atoms with Crippen LogP contribution in [0, 0.1) is 0 Å². The minimum atomic E-state index is -4.09. The van der Waals surface area contributed by atoms with Gasteiger partial charge < -0.3 is 5.32 Å². The van der Waals surface area contributed by atoms with Crippen LogP contribution in [-0.4, -0.2) is 17.2 Å². The van der Waals surface area contributed by atoms with Gasteiger partial charge in [0, 0.05) is 24.0 Å². The van der Waals surface area contributed by atoms with Crippen molar-refractivity contribution in [2.24, 2.45) is 0 Å². The summed E-state index contributed by atoms with van der Waals surface area (Å²) in [5.74, 6) is 0. The number of halogens is 4. The van der Waals surface area contributed by atoms with Gasteiger partial charge in [0.15, 0.2) is 0 Å². The summed E-state index contributed by atoms with van der Waals surface area (Å²) in [6, 6.07) is 7.15. The van der Waals surface area contributed by atoms with E-state index in [1.807, 2.05) is 13.0 Å². The van der Waals surface area contributed by atoms with E-state index in [1.54, 1.807) is 24.4 Å². The molecule has 0 saturated heterocycles. The van der Waals surface area contributed by atoms with Crippen LogP contribution in [0.15, 0.2) is 30.5 Å². The number of rotatable bonds is 5. The summed E-state index contributed by atoms with van der Waals surface area (Å²) in [5.41, 5.74) is 1.52. The van der Waals surface area contributed by atoms with Crippen molar-refractivity contribution in [3.63, 3.8) is 0 Å². The van der Waals surface area contributed by atoms with Gasteiger partial charge >= 0.3 is 6.18 Å². The van der Waals surface area contributed by atoms with E-state index in [4.69, 9.17) is 11.6 Å². The molecule has 2 nitrogen and oxygen atoms in total. The molecule has 6 heteroatoms. The summed E-state index contributed by atoms with van der Waals surface area (Å²) < 4.78 is 36.4. The molecule has 21 heavy (non-hydrogen) atoms. The van der Waals surface area contributed by atoms with Gasteiger partial charge in [0.1, 0.15) is 0 Å². The molecule has 1 aromatic carbocycles. The molecule has 1 unspecified atom stereocenters. The van der Waals surface area contributed by atoms with Crippen molar-refractivity contribution in [2.45, 2.75) is 38.4 Å². The van der Waals surface area contributed by atoms with Gasteiger partial charge in [-0.25, -0.2) is 0 Å². The fraction of sp³-hybridized carbons (Fsp3) is 0.400. The van der Waals surface area contributed by atoms with Gasteiger partial charge in [0.25, 0.3) is 0 Å². The van der Waals surface area contributed by atoms with Crippen LogP contribution in [0.4, 0.5) is 18.9 Å². The predicted octanol–water partition coefficient (Wildman–Crippen LogP) is 5.42. The molecule has 1 atom stereocenters. The normalized spacial score (nSPS) is 13.4. The van der Waals surface area contributed by atoms with Crippen molar-refractivity contribution in [2.75, 3.05) is 5.32 Å². The number of nitrogens with zero attached hydrogens (tertiary/aromatic N) is 1. The maximum atomic E-state index is 12.1. The Morgan fingerprint density at radius 3 is 2.76 bits per heavy atom. The molecule has 0 aliphatic heterocycles. The van der Waals surface area contributed by atoms with Crippen molar-refractivity contribution in [1.82, 2.24) is 4.98 Å². The second-order valence-corrected chi connectivity index (χ2v) is 5.45. The summed E-state index contributed by atoms with van der Waals surface area (Å²) in [7, 11) is 0. The largest absolute Gasteiger partial charge is 0.389 e. The number of aromatic nitrogens is 1. The van der Waals surface area contributed by atoms with Crippen LogP contribution in [0.2, 0.25) is 5.02 Å². The van der Waals surface area contributed by atoms with Crippen LogP contribution in [0.25, 0.3) is 10.9 Å². The van der Waals surface area contributed by atoms with Gasteiger partial charge in [-0.2, -0.15) is 13.2 Å². The fourth-order valence-electron chi connectivity index (χ4n) is 2.20.